The van der Waals surface area contributed by atoms with Crippen LogP contribution in [0.4, 0.5) is 0 Å². The van der Waals surface area contributed by atoms with Crippen LogP contribution >= 0.6 is 0 Å². The topological polar surface area (TPSA) is 0 Å². The van der Waals surface area contributed by atoms with Gasteiger partial charge < -0.3 is 0 Å². The van der Waals surface area contributed by atoms with E-state index in [9.17, 15) is 0 Å². The van der Waals surface area contributed by atoms with Crippen molar-refractivity contribution in [1.82, 2.24) is 0 Å². The zero-order chi connectivity index (χ0) is 23.2. The molecule has 0 unspecified atom stereocenters. The molecule has 0 N–H and O–H groups in total. The molecular weight excluding hydrogens is 429 g/mol. The molecule has 159 valence electrons. The first-order chi connectivity index (χ1) is 15.8. The largest absolute Gasteiger partial charge is 0.138 e. The van der Waals surface area contributed by atoms with Gasteiger partial charge in [-0.05, 0) is 32.3 Å². The van der Waals surface area contributed by atoms with Gasteiger partial charge in [0.05, 0.1) is 0 Å². The first-order valence-electron chi connectivity index (χ1n) is 11.5. The number of rotatable bonds is 0. The van der Waals surface area contributed by atoms with Crippen molar-refractivity contribution in [1.29, 1.82) is 0 Å². The van der Waals surface area contributed by atoms with Gasteiger partial charge in [-0.2, -0.15) is 0 Å². The Morgan fingerprint density at radius 3 is 1.55 bits per heavy atom. The highest BCUT2D eigenvalue weighted by Crippen LogP contribution is 2.39. The molecule has 0 fully saturated rings. The summed E-state index contributed by atoms with van der Waals surface area (Å²) in [6.45, 7) is 11.4. The van der Waals surface area contributed by atoms with Crippen molar-refractivity contribution in [2.24, 2.45) is 0 Å². The summed E-state index contributed by atoms with van der Waals surface area (Å²) in [5, 5.41) is 9.92. The van der Waals surface area contributed by atoms with Gasteiger partial charge in [-0.3, -0.25) is 0 Å². The van der Waals surface area contributed by atoms with Crippen LogP contribution in [0.15, 0.2) is 72.8 Å². The molecule has 5 aromatic carbocycles. The maximum Gasteiger partial charge on any atom is 0.138 e. The van der Waals surface area contributed by atoms with Gasteiger partial charge in [-0.15, -0.1) is 11.1 Å². The summed E-state index contributed by atoms with van der Waals surface area (Å²) in [6.07, 6.45) is 0. The number of fused-ring (bicyclic) bond motifs is 6. The van der Waals surface area contributed by atoms with Crippen molar-refractivity contribution in [2.45, 2.75) is 32.7 Å². The molecule has 0 spiro atoms. The average molecular weight is 456 g/mol. The molecule has 0 heterocycles. The molecule has 0 aliphatic rings. The van der Waals surface area contributed by atoms with Gasteiger partial charge in [0.1, 0.15) is 16.9 Å². The maximum absolute atomic E-state index is 3.69. The molecule has 0 nitrogen and oxygen atoms in total. The van der Waals surface area contributed by atoms with Gasteiger partial charge in [-0.25, -0.2) is 0 Å². The Morgan fingerprint density at radius 2 is 1.06 bits per heavy atom. The number of hydrogen-bond acceptors (Lipinski definition) is 0. The molecule has 0 saturated carbocycles. The van der Waals surface area contributed by atoms with Gasteiger partial charge in [-0.1, -0.05) is 117 Å². The molecule has 2 heteroatoms. The summed E-state index contributed by atoms with van der Waals surface area (Å²) in [7, 11) is -2.25. The zero-order valence-corrected chi connectivity index (χ0v) is 21.9. The second-order valence-corrected chi connectivity index (χ2v) is 16.9. The Balaban J connectivity index is 2.12. The van der Waals surface area contributed by atoms with Gasteiger partial charge in [0, 0.05) is 21.9 Å². The zero-order valence-electron chi connectivity index (χ0n) is 19.9. The van der Waals surface area contributed by atoms with Crippen LogP contribution in [-0.4, -0.2) is 16.9 Å². The first-order valence-corrected chi connectivity index (χ1v) is 17.5. The second-order valence-electron chi connectivity index (χ2n) is 9.92. The third-order valence-electron chi connectivity index (χ3n) is 5.90. The smallest absolute Gasteiger partial charge is 0.128 e. The summed E-state index contributed by atoms with van der Waals surface area (Å²) < 4.78 is 0. The normalized spacial score (nSPS) is 11.6. The average Bonchev–Trinajstić information content (AvgIpc) is 2.79. The van der Waals surface area contributed by atoms with Crippen LogP contribution in [0.2, 0.25) is 32.7 Å². The van der Waals surface area contributed by atoms with Crippen LogP contribution in [0.1, 0.15) is 11.1 Å². The van der Waals surface area contributed by atoms with E-state index in [1.165, 1.54) is 43.1 Å². The van der Waals surface area contributed by atoms with E-state index < -0.39 is 16.9 Å². The van der Waals surface area contributed by atoms with Crippen LogP contribution in [0.25, 0.3) is 43.1 Å². The summed E-state index contributed by atoms with van der Waals surface area (Å²) in [5.74, 6) is 7.33. The quantitative estimate of drug-likeness (QED) is 0.0956. The van der Waals surface area contributed by atoms with Crippen LogP contribution < -0.4 is 0 Å². The molecule has 0 aromatic heterocycles. The van der Waals surface area contributed by atoms with Crippen LogP contribution in [-0.2, 0) is 0 Å². The van der Waals surface area contributed by atoms with E-state index in [-0.39, 0.29) is 0 Å². The van der Waals surface area contributed by atoms with E-state index in [0.29, 0.717) is 0 Å². The minimum Gasteiger partial charge on any atom is -0.128 e. The van der Waals surface area contributed by atoms with Crippen molar-refractivity contribution in [2.75, 3.05) is 0 Å². The SMILES string of the molecule is C[Si](C)C#Cc1c2ccc3ccccc3c2c(C#C[Si](C)(C)C)c2ccc3ccccc3c12. The monoisotopic (exact) mass is 455 g/mol. The number of benzene rings is 5. The Labute approximate surface area is 199 Å². The second kappa shape index (κ2) is 8.24. The minimum atomic E-state index is -1.56. The first kappa shape index (κ1) is 21.5. The maximum atomic E-state index is 3.69. The molecule has 0 amide bonds. The van der Waals surface area contributed by atoms with Crippen LogP contribution in [0.3, 0.4) is 0 Å². The predicted octanol–water partition coefficient (Wildman–Crippen LogP) is 8.17. The van der Waals surface area contributed by atoms with Gasteiger partial charge in [0.2, 0.25) is 0 Å². The summed E-state index contributed by atoms with van der Waals surface area (Å²) in [5.41, 5.74) is 9.51. The van der Waals surface area contributed by atoms with Crippen molar-refractivity contribution >= 4 is 60.0 Å². The fourth-order valence-corrected chi connectivity index (χ4v) is 5.34. The lowest BCUT2D eigenvalue weighted by molar-refractivity contribution is 1.73. The highest BCUT2D eigenvalue weighted by molar-refractivity contribution is 6.84. The highest BCUT2D eigenvalue weighted by Gasteiger charge is 2.17. The molecule has 0 aliphatic heterocycles. The van der Waals surface area contributed by atoms with E-state index in [4.69, 9.17) is 0 Å². The van der Waals surface area contributed by atoms with E-state index >= 15 is 0 Å². The lowest BCUT2D eigenvalue weighted by Crippen LogP contribution is -2.16. The van der Waals surface area contributed by atoms with Gasteiger partial charge >= 0.3 is 0 Å². The molecule has 0 atom stereocenters. The molecule has 5 rings (SSSR count). The van der Waals surface area contributed by atoms with Gasteiger partial charge in [0.15, 0.2) is 0 Å². The Kier molecular flexibility index (Phi) is 5.37. The van der Waals surface area contributed by atoms with E-state index in [1.54, 1.807) is 0 Å². The molecular formula is C31H27Si2. The summed E-state index contributed by atoms with van der Waals surface area (Å²) in [4.78, 5) is 0. The third-order valence-corrected chi connectivity index (χ3v) is 7.40. The van der Waals surface area contributed by atoms with E-state index in [1.807, 2.05) is 0 Å². The Morgan fingerprint density at radius 1 is 0.576 bits per heavy atom. The molecule has 0 aliphatic carbocycles. The van der Waals surface area contributed by atoms with Crippen molar-refractivity contribution < 1.29 is 0 Å². The standard InChI is InChI=1S/C31H27Si2/c1-32(2)20-18-28-26-16-14-23-11-7-9-13-25(23)31(26)29(19-21-33(3,4)5)27-17-15-22-10-6-8-12-24(22)30(27)28/h6-17H,1-5H3. The molecule has 5 aromatic rings. The van der Waals surface area contributed by atoms with Gasteiger partial charge in [0.25, 0.3) is 0 Å². The summed E-state index contributed by atoms with van der Waals surface area (Å²) in [6, 6.07) is 26.3. The van der Waals surface area contributed by atoms with Crippen molar-refractivity contribution in [3.05, 3.63) is 83.9 Å². The fourth-order valence-electron chi connectivity index (χ4n) is 4.46. The summed E-state index contributed by atoms with van der Waals surface area (Å²) >= 11 is 0. The Bertz CT molecular complexity index is 1680. The van der Waals surface area contributed by atoms with Crippen molar-refractivity contribution in [3.8, 4) is 22.9 Å². The van der Waals surface area contributed by atoms with E-state index in [2.05, 4.69) is 128 Å². The Hall–Kier alpha value is -3.31. The lowest BCUT2D eigenvalue weighted by Gasteiger charge is -2.16. The third kappa shape index (κ3) is 3.98. The predicted molar refractivity (Wildman–Crippen MR) is 151 cm³/mol. The molecule has 0 saturated heterocycles. The molecule has 0 bridgehead atoms. The van der Waals surface area contributed by atoms with E-state index in [0.717, 1.165) is 11.1 Å². The highest BCUT2D eigenvalue weighted by atomic mass is 28.3. The number of hydrogen-bond donors (Lipinski definition) is 0. The minimum absolute atomic E-state index is 0.685. The fraction of sp³-hybridized carbons (Fsp3) is 0.161. The van der Waals surface area contributed by atoms with Crippen molar-refractivity contribution in [3.63, 3.8) is 0 Å². The lowest BCUT2D eigenvalue weighted by atomic mass is 9.87. The van der Waals surface area contributed by atoms with Crippen LogP contribution in [0.5, 0.6) is 0 Å². The molecule has 1 radical (unpaired) electrons. The molecule has 33 heavy (non-hydrogen) atoms. The van der Waals surface area contributed by atoms with Crippen LogP contribution in [0, 0.1) is 22.9 Å².